The standard InChI is InChI=1S/C63H77FO11/c1-3-5-7-9-11-13-15-17-19-21-23-25-45-70-53-36-27-49(28-37-53)60(66)73-55-42-33-51(34-43-55)62(68)75-58-47-52(35-44-57(58)64)63(69)74-56-40-31-50(32-41-56)61(67)72-54-38-29-48(30-39-54)59(65)71-46-26-24-22-20-18-16-14-12-10-8-6-4-2/h27-44,47H,3-26,45-46H2,1-2H3. The van der Waals surface area contributed by atoms with Crippen LogP contribution in [-0.4, -0.2) is 43.1 Å². The summed E-state index contributed by atoms with van der Waals surface area (Å²) in [6, 6.07) is 27.1. The molecule has 0 N–H and O–H groups in total. The highest BCUT2D eigenvalue weighted by Gasteiger charge is 2.19. The molecule has 0 aliphatic carbocycles. The molecule has 75 heavy (non-hydrogen) atoms. The number of hydrogen-bond acceptors (Lipinski definition) is 11. The fraction of sp³-hybridized carbons (Fsp3) is 0.444. The third kappa shape index (κ3) is 22.7. The zero-order valence-electron chi connectivity index (χ0n) is 44.2. The van der Waals surface area contributed by atoms with Crippen LogP contribution in [0, 0.1) is 5.82 Å². The fourth-order valence-electron chi connectivity index (χ4n) is 8.35. The van der Waals surface area contributed by atoms with E-state index >= 15 is 0 Å². The van der Waals surface area contributed by atoms with E-state index in [1.807, 2.05) is 0 Å². The molecule has 0 aromatic heterocycles. The van der Waals surface area contributed by atoms with E-state index in [-0.39, 0.29) is 33.9 Å². The molecule has 11 nitrogen and oxygen atoms in total. The SMILES string of the molecule is CCCCCCCCCCCCCCOC(=O)c1ccc(OC(=O)c2ccc(OC(=O)c3ccc(F)c(OC(=O)c4ccc(OC(=O)c5ccc(OCCCCCCCCCCCCCC)cc5)cc4)c3)cc2)cc1. The van der Waals surface area contributed by atoms with Crippen molar-refractivity contribution < 1.29 is 56.8 Å². The summed E-state index contributed by atoms with van der Waals surface area (Å²) in [7, 11) is 0. The minimum Gasteiger partial charge on any atom is -0.494 e. The number of ether oxygens (including phenoxy) is 6. The van der Waals surface area contributed by atoms with Gasteiger partial charge >= 0.3 is 29.8 Å². The molecule has 5 rings (SSSR count). The summed E-state index contributed by atoms with van der Waals surface area (Å²) in [5.41, 5.74) is 0.759. The molecule has 5 aromatic rings. The van der Waals surface area contributed by atoms with Crippen molar-refractivity contribution in [2.24, 2.45) is 0 Å². The third-order valence-corrected chi connectivity index (χ3v) is 12.9. The summed E-state index contributed by atoms with van der Waals surface area (Å²) in [6.45, 7) is 5.45. The summed E-state index contributed by atoms with van der Waals surface area (Å²) in [6.07, 6.45) is 30.0. The van der Waals surface area contributed by atoms with Crippen LogP contribution in [0.4, 0.5) is 4.39 Å². The van der Waals surface area contributed by atoms with Crippen molar-refractivity contribution >= 4 is 29.8 Å². The number of esters is 5. The van der Waals surface area contributed by atoms with Gasteiger partial charge in [0.1, 0.15) is 23.0 Å². The number of hydrogen-bond donors (Lipinski definition) is 0. The number of rotatable bonds is 36. The molecule has 402 valence electrons. The lowest BCUT2D eigenvalue weighted by Crippen LogP contribution is -2.13. The van der Waals surface area contributed by atoms with Gasteiger partial charge in [0.15, 0.2) is 11.6 Å². The predicted octanol–water partition coefficient (Wildman–Crippen LogP) is 16.6. The Morgan fingerprint density at radius 1 is 0.320 bits per heavy atom. The number of halogens is 1. The number of carbonyl (C=O) groups is 5. The van der Waals surface area contributed by atoms with E-state index in [1.54, 1.807) is 24.3 Å². The lowest BCUT2D eigenvalue weighted by Gasteiger charge is -2.10. The van der Waals surface area contributed by atoms with Crippen LogP contribution in [0.1, 0.15) is 220 Å². The highest BCUT2D eigenvalue weighted by Crippen LogP contribution is 2.25. The second-order valence-corrected chi connectivity index (χ2v) is 19.1. The Hall–Kier alpha value is -6.82. The van der Waals surface area contributed by atoms with E-state index < -0.39 is 41.4 Å². The van der Waals surface area contributed by atoms with Gasteiger partial charge in [-0.15, -0.1) is 0 Å². The van der Waals surface area contributed by atoms with Crippen molar-refractivity contribution in [1.29, 1.82) is 0 Å². The quantitative estimate of drug-likeness (QED) is 0.0215. The highest BCUT2D eigenvalue weighted by molar-refractivity contribution is 5.95. The van der Waals surface area contributed by atoms with Crippen molar-refractivity contribution in [3.05, 3.63) is 149 Å². The average Bonchev–Trinajstić information content (AvgIpc) is 3.42. The van der Waals surface area contributed by atoms with Crippen LogP contribution in [-0.2, 0) is 4.74 Å². The van der Waals surface area contributed by atoms with Crippen molar-refractivity contribution in [2.45, 2.75) is 168 Å². The fourth-order valence-corrected chi connectivity index (χ4v) is 8.35. The molecule has 0 heterocycles. The van der Waals surface area contributed by atoms with E-state index in [4.69, 9.17) is 28.4 Å². The topological polar surface area (TPSA) is 141 Å². The molecule has 0 saturated heterocycles. The number of carbonyl (C=O) groups excluding carboxylic acids is 5. The first-order valence-electron chi connectivity index (χ1n) is 27.5. The maximum atomic E-state index is 14.8. The lowest BCUT2D eigenvalue weighted by molar-refractivity contribution is 0.0496. The normalized spacial score (nSPS) is 10.9. The largest absolute Gasteiger partial charge is 0.494 e. The molecular weight excluding hydrogens is 952 g/mol. The third-order valence-electron chi connectivity index (χ3n) is 12.9. The summed E-state index contributed by atoms with van der Waals surface area (Å²) < 4.78 is 47.8. The Morgan fingerprint density at radius 3 is 1.00 bits per heavy atom. The van der Waals surface area contributed by atoms with Gasteiger partial charge in [0, 0.05) is 0 Å². The van der Waals surface area contributed by atoms with Gasteiger partial charge in [0.05, 0.1) is 41.0 Å². The number of unbranched alkanes of at least 4 members (excludes halogenated alkanes) is 22. The van der Waals surface area contributed by atoms with Crippen molar-refractivity contribution in [3.63, 3.8) is 0 Å². The monoisotopic (exact) mass is 1030 g/mol. The maximum Gasteiger partial charge on any atom is 0.343 e. The molecule has 0 amide bonds. The van der Waals surface area contributed by atoms with Crippen LogP contribution >= 0.6 is 0 Å². The summed E-state index contributed by atoms with van der Waals surface area (Å²) >= 11 is 0. The van der Waals surface area contributed by atoms with Gasteiger partial charge in [-0.05, 0) is 128 Å². The number of benzene rings is 5. The van der Waals surface area contributed by atoms with Gasteiger partial charge in [-0.2, -0.15) is 0 Å². The van der Waals surface area contributed by atoms with Crippen molar-refractivity contribution in [2.75, 3.05) is 13.2 Å². The molecule has 0 aliphatic rings. The van der Waals surface area contributed by atoms with E-state index in [9.17, 15) is 28.4 Å². The zero-order chi connectivity index (χ0) is 53.3. The van der Waals surface area contributed by atoms with E-state index in [1.165, 1.54) is 201 Å². The smallest absolute Gasteiger partial charge is 0.343 e. The molecule has 0 fully saturated rings. The van der Waals surface area contributed by atoms with Crippen LogP contribution in [0.25, 0.3) is 0 Å². The first-order chi connectivity index (χ1) is 36.6. The Labute approximate surface area is 443 Å². The van der Waals surface area contributed by atoms with Crippen LogP contribution < -0.4 is 23.7 Å². The molecular formula is C63H77FO11. The first kappa shape index (κ1) is 59.1. The van der Waals surface area contributed by atoms with E-state index in [0.29, 0.717) is 30.1 Å². The van der Waals surface area contributed by atoms with Crippen molar-refractivity contribution in [3.8, 4) is 28.7 Å². The first-order valence-corrected chi connectivity index (χ1v) is 27.5. The van der Waals surface area contributed by atoms with Gasteiger partial charge in [-0.25, -0.2) is 28.4 Å². The lowest BCUT2D eigenvalue weighted by atomic mass is 10.1. The Balaban J connectivity index is 0.971. The molecule has 0 unspecified atom stereocenters. The van der Waals surface area contributed by atoms with Crippen molar-refractivity contribution in [1.82, 2.24) is 0 Å². The Kier molecular flexibility index (Phi) is 27.3. The Morgan fingerprint density at radius 2 is 0.613 bits per heavy atom. The summed E-state index contributed by atoms with van der Waals surface area (Å²) in [5.74, 6) is -3.76. The molecule has 12 heteroatoms. The van der Waals surface area contributed by atoms with Crippen LogP contribution in [0.2, 0.25) is 0 Å². The summed E-state index contributed by atoms with van der Waals surface area (Å²) in [5, 5.41) is 0. The van der Waals surface area contributed by atoms with Gasteiger partial charge in [-0.1, -0.05) is 155 Å². The highest BCUT2D eigenvalue weighted by atomic mass is 19.1. The molecule has 5 aromatic carbocycles. The molecule has 0 saturated carbocycles. The van der Waals surface area contributed by atoms with Gasteiger partial charge in [-0.3, -0.25) is 0 Å². The van der Waals surface area contributed by atoms with Crippen LogP contribution in [0.3, 0.4) is 0 Å². The molecule has 0 spiro atoms. The minimum absolute atomic E-state index is 0.0348. The predicted molar refractivity (Wildman–Crippen MR) is 290 cm³/mol. The van der Waals surface area contributed by atoms with Gasteiger partial charge in [0.25, 0.3) is 0 Å². The average molecular weight is 1030 g/mol. The van der Waals surface area contributed by atoms with Crippen LogP contribution in [0.5, 0.6) is 28.7 Å². The van der Waals surface area contributed by atoms with Gasteiger partial charge < -0.3 is 28.4 Å². The van der Waals surface area contributed by atoms with E-state index in [2.05, 4.69) is 13.8 Å². The zero-order valence-corrected chi connectivity index (χ0v) is 44.2. The Bertz CT molecular complexity index is 2470. The maximum absolute atomic E-state index is 14.8. The minimum atomic E-state index is -0.919. The second-order valence-electron chi connectivity index (χ2n) is 19.1. The molecule has 0 bridgehead atoms. The summed E-state index contributed by atoms with van der Waals surface area (Å²) in [4.78, 5) is 64.3. The second kappa shape index (κ2) is 34.6. The van der Waals surface area contributed by atoms with Crippen LogP contribution in [0.15, 0.2) is 115 Å². The molecule has 0 radical (unpaired) electrons. The molecule has 0 atom stereocenters. The van der Waals surface area contributed by atoms with E-state index in [0.717, 1.165) is 44.2 Å². The molecule has 0 aliphatic heterocycles. The van der Waals surface area contributed by atoms with Gasteiger partial charge in [0.2, 0.25) is 0 Å².